The lowest BCUT2D eigenvalue weighted by atomic mass is 10.2. The molecule has 0 N–H and O–H groups in total. The Morgan fingerprint density at radius 2 is 1.71 bits per heavy atom. The molecular weight excluding hydrogens is 228 g/mol. The fourth-order valence-corrected chi connectivity index (χ4v) is 3.15. The second kappa shape index (κ2) is 7.48. The van der Waals surface area contributed by atoms with Crippen LogP contribution < -0.4 is 0 Å². The Kier molecular flexibility index (Phi) is 7.12. The molecule has 98 valence electrons. The minimum Gasteiger partial charge on any atom is -0.462 e. The van der Waals surface area contributed by atoms with Crippen molar-refractivity contribution in [2.75, 3.05) is 6.61 Å². The van der Waals surface area contributed by atoms with Crippen molar-refractivity contribution >= 4 is 14.0 Å². The molecule has 0 bridgehead atoms. The van der Waals surface area contributed by atoms with E-state index in [0.717, 1.165) is 12.8 Å². The number of hydrogen-bond donors (Lipinski definition) is 0. The summed E-state index contributed by atoms with van der Waals surface area (Å²) < 4.78 is 4.99. The van der Waals surface area contributed by atoms with Crippen LogP contribution in [0.4, 0.5) is 0 Å². The van der Waals surface area contributed by atoms with Crippen LogP contribution in [0.5, 0.6) is 0 Å². The Morgan fingerprint density at radius 1 is 1.12 bits per heavy atom. The van der Waals surface area contributed by atoms with E-state index in [4.69, 9.17) is 4.74 Å². The third kappa shape index (κ3) is 8.92. The lowest BCUT2D eigenvalue weighted by Crippen LogP contribution is -2.24. The molecule has 0 aliphatic carbocycles. The molecule has 0 amide bonds. The molecule has 0 rings (SSSR count). The molecule has 0 spiro atoms. The first-order valence-corrected chi connectivity index (χ1v) is 9.69. The summed E-state index contributed by atoms with van der Waals surface area (Å²) in [5.74, 6) is -0.208. The van der Waals surface area contributed by atoms with Crippen molar-refractivity contribution in [2.45, 2.75) is 53.3 Å². The van der Waals surface area contributed by atoms with Crippen molar-refractivity contribution in [2.24, 2.45) is 0 Å². The number of rotatable bonds is 6. The number of ether oxygens (including phenoxy) is 1. The van der Waals surface area contributed by atoms with Crippen molar-refractivity contribution < 1.29 is 9.53 Å². The van der Waals surface area contributed by atoms with Crippen molar-refractivity contribution in [1.29, 1.82) is 0 Å². The van der Waals surface area contributed by atoms with E-state index in [0.29, 0.717) is 6.61 Å². The highest BCUT2D eigenvalue weighted by atomic mass is 28.3. The van der Waals surface area contributed by atoms with E-state index < -0.39 is 8.07 Å². The molecule has 0 aromatic carbocycles. The van der Waals surface area contributed by atoms with E-state index in [1.54, 1.807) is 0 Å². The lowest BCUT2D eigenvalue weighted by molar-refractivity contribution is -0.139. The van der Waals surface area contributed by atoms with Crippen LogP contribution in [-0.4, -0.2) is 20.7 Å². The average Bonchev–Trinajstić information content (AvgIpc) is 2.12. The maximum atomic E-state index is 10.7. The number of carbonyl (C=O) groups is 1. The largest absolute Gasteiger partial charge is 0.462 e. The van der Waals surface area contributed by atoms with E-state index in [1.807, 2.05) is 0 Å². The summed E-state index contributed by atoms with van der Waals surface area (Å²) >= 11 is 0. The molecule has 0 aliphatic heterocycles. The highest BCUT2D eigenvalue weighted by Crippen LogP contribution is 2.20. The zero-order valence-electron chi connectivity index (χ0n) is 12.1. The van der Waals surface area contributed by atoms with Gasteiger partial charge in [0.25, 0.3) is 0 Å². The predicted octanol–water partition coefficient (Wildman–Crippen LogP) is 4.10. The Morgan fingerprint density at radius 3 is 2.12 bits per heavy atom. The first kappa shape index (κ1) is 16.2. The molecule has 0 radical (unpaired) electrons. The summed E-state index contributed by atoms with van der Waals surface area (Å²) in [4.78, 5) is 10.7. The van der Waals surface area contributed by atoms with E-state index in [2.05, 4.69) is 45.6 Å². The van der Waals surface area contributed by atoms with Crippen molar-refractivity contribution in [3.8, 4) is 0 Å². The Bertz CT molecular complexity index is 305. The van der Waals surface area contributed by atoms with Crippen molar-refractivity contribution in [3.63, 3.8) is 0 Å². The van der Waals surface area contributed by atoms with Gasteiger partial charge < -0.3 is 4.74 Å². The molecule has 17 heavy (non-hydrogen) atoms. The van der Waals surface area contributed by atoms with Gasteiger partial charge in [-0.3, -0.25) is 4.79 Å². The second-order valence-corrected chi connectivity index (χ2v) is 10.7. The molecule has 0 aromatic rings. The van der Waals surface area contributed by atoms with Gasteiger partial charge in [0.1, 0.15) is 6.61 Å². The van der Waals surface area contributed by atoms with Crippen LogP contribution in [0.1, 0.15) is 33.6 Å². The SMILES string of the molecule is CC(=O)OC/C=C(/CCC=C(C)C)[Si](C)(C)C. The molecule has 0 atom stereocenters. The second-order valence-electron chi connectivity index (χ2n) is 5.60. The molecule has 0 saturated heterocycles. The van der Waals surface area contributed by atoms with Gasteiger partial charge in [-0.15, -0.1) is 0 Å². The molecular formula is C14H26O2Si. The normalized spacial score (nSPS) is 12.2. The van der Waals surface area contributed by atoms with Gasteiger partial charge in [-0.05, 0) is 26.7 Å². The number of esters is 1. The summed E-state index contributed by atoms with van der Waals surface area (Å²) in [5.41, 5.74) is 1.36. The fourth-order valence-electron chi connectivity index (χ4n) is 1.56. The van der Waals surface area contributed by atoms with E-state index >= 15 is 0 Å². The molecule has 0 saturated carbocycles. The predicted molar refractivity (Wildman–Crippen MR) is 76.7 cm³/mol. The zero-order valence-corrected chi connectivity index (χ0v) is 13.1. The highest BCUT2D eigenvalue weighted by molar-refractivity contribution is 6.83. The summed E-state index contributed by atoms with van der Waals surface area (Å²) in [6.45, 7) is 13.1. The smallest absolute Gasteiger partial charge is 0.302 e. The van der Waals surface area contributed by atoms with Gasteiger partial charge in [-0.25, -0.2) is 0 Å². The third-order valence-corrected chi connectivity index (χ3v) is 4.93. The molecule has 0 unspecified atom stereocenters. The van der Waals surface area contributed by atoms with E-state index in [9.17, 15) is 4.79 Å². The standard InChI is InChI=1S/C14H26O2Si/c1-12(2)8-7-9-14(17(4,5)6)10-11-16-13(3)15/h8,10H,7,9,11H2,1-6H3/b14-10-. The Hall–Kier alpha value is -0.833. The molecule has 2 nitrogen and oxygen atoms in total. The summed E-state index contributed by atoms with van der Waals surface area (Å²) in [6, 6.07) is 0. The summed E-state index contributed by atoms with van der Waals surface area (Å²) in [7, 11) is -1.29. The van der Waals surface area contributed by atoms with Crippen LogP contribution in [0.3, 0.4) is 0 Å². The maximum absolute atomic E-state index is 10.7. The van der Waals surface area contributed by atoms with Crippen LogP contribution >= 0.6 is 0 Å². The zero-order chi connectivity index (χ0) is 13.5. The number of hydrogen-bond acceptors (Lipinski definition) is 2. The fraction of sp³-hybridized carbons (Fsp3) is 0.643. The van der Waals surface area contributed by atoms with Crippen LogP contribution in [0.2, 0.25) is 19.6 Å². The van der Waals surface area contributed by atoms with Gasteiger partial charge >= 0.3 is 5.97 Å². The van der Waals surface area contributed by atoms with Crippen LogP contribution in [-0.2, 0) is 9.53 Å². The van der Waals surface area contributed by atoms with Crippen LogP contribution in [0.25, 0.3) is 0 Å². The monoisotopic (exact) mass is 254 g/mol. The van der Waals surface area contributed by atoms with Gasteiger partial charge in [0.2, 0.25) is 0 Å². The van der Waals surface area contributed by atoms with Crippen LogP contribution in [0.15, 0.2) is 22.9 Å². The third-order valence-electron chi connectivity index (χ3n) is 2.55. The molecule has 0 fully saturated rings. The minimum absolute atomic E-state index is 0.208. The van der Waals surface area contributed by atoms with Gasteiger partial charge in [-0.2, -0.15) is 0 Å². The summed E-state index contributed by atoms with van der Waals surface area (Å²) in [6.07, 6.45) is 6.53. The number of carbonyl (C=O) groups excluding carboxylic acids is 1. The number of allylic oxidation sites excluding steroid dienone is 3. The molecule has 0 aliphatic rings. The van der Waals surface area contributed by atoms with Gasteiger partial charge in [0.05, 0.1) is 8.07 Å². The molecule has 3 heteroatoms. The quantitative estimate of drug-likeness (QED) is 0.405. The van der Waals surface area contributed by atoms with Crippen LogP contribution in [0, 0.1) is 0 Å². The topological polar surface area (TPSA) is 26.3 Å². The molecule has 0 aromatic heterocycles. The summed E-state index contributed by atoms with van der Waals surface area (Å²) in [5, 5.41) is 1.48. The average molecular weight is 254 g/mol. The first-order chi connectivity index (χ1) is 7.73. The van der Waals surface area contributed by atoms with Gasteiger partial charge in [-0.1, -0.05) is 42.6 Å². The Labute approximate surface area is 107 Å². The minimum atomic E-state index is -1.29. The van der Waals surface area contributed by atoms with Crippen molar-refractivity contribution in [3.05, 3.63) is 22.9 Å². The highest BCUT2D eigenvalue weighted by Gasteiger charge is 2.18. The van der Waals surface area contributed by atoms with Crippen molar-refractivity contribution in [1.82, 2.24) is 0 Å². The molecule has 0 heterocycles. The lowest BCUT2D eigenvalue weighted by Gasteiger charge is -2.21. The van der Waals surface area contributed by atoms with E-state index in [-0.39, 0.29) is 5.97 Å². The van der Waals surface area contributed by atoms with Gasteiger partial charge in [0.15, 0.2) is 0 Å². The maximum Gasteiger partial charge on any atom is 0.302 e. The first-order valence-electron chi connectivity index (χ1n) is 6.19. The Balaban J connectivity index is 4.44. The van der Waals surface area contributed by atoms with Gasteiger partial charge in [0, 0.05) is 6.92 Å². The van der Waals surface area contributed by atoms with E-state index in [1.165, 1.54) is 17.7 Å².